The fraction of sp³-hybridized carbons (Fsp3) is 0.421. The molecule has 0 atom stereocenters. The van der Waals surface area contributed by atoms with E-state index in [0.29, 0.717) is 30.5 Å². The number of aromatic nitrogens is 2. The fourth-order valence-corrected chi connectivity index (χ4v) is 3.08. The summed E-state index contributed by atoms with van der Waals surface area (Å²) >= 11 is 0. The second-order valence-corrected chi connectivity index (χ2v) is 6.26. The number of carbonyl (C=O) groups is 1. The molecular weight excluding hydrogens is 330 g/mol. The number of benzene rings is 1. The first kappa shape index (κ1) is 18.0. The Kier molecular flexibility index (Phi) is 6.24. The number of rotatable bonds is 6. The number of hydrogen-bond acceptors (Lipinski definition) is 5. The summed E-state index contributed by atoms with van der Waals surface area (Å²) in [5.74, 6) is 2.07. The molecule has 26 heavy (non-hydrogen) atoms. The van der Waals surface area contributed by atoms with Gasteiger partial charge >= 0.3 is 6.03 Å². The second kappa shape index (κ2) is 9.03. The van der Waals surface area contributed by atoms with Crippen LogP contribution in [0.2, 0.25) is 0 Å². The van der Waals surface area contributed by atoms with Gasteiger partial charge in [-0.2, -0.15) is 0 Å². The van der Waals surface area contributed by atoms with Gasteiger partial charge in [0.1, 0.15) is 11.6 Å². The average molecular weight is 355 g/mol. The molecule has 1 aromatic heterocycles. The number of urea groups is 1. The third-order valence-corrected chi connectivity index (χ3v) is 4.47. The number of anilines is 2. The molecule has 1 aliphatic heterocycles. The molecule has 0 radical (unpaired) electrons. The summed E-state index contributed by atoms with van der Waals surface area (Å²) in [6.45, 7) is 5.01. The number of piperidine rings is 1. The zero-order valence-electron chi connectivity index (χ0n) is 15.0. The van der Waals surface area contributed by atoms with Gasteiger partial charge in [0.15, 0.2) is 0 Å². The van der Waals surface area contributed by atoms with E-state index in [1.165, 1.54) is 0 Å². The highest BCUT2D eigenvalue weighted by Crippen LogP contribution is 2.24. The minimum absolute atomic E-state index is 0.200. The van der Waals surface area contributed by atoms with Crippen molar-refractivity contribution >= 4 is 17.5 Å². The van der Waals surface area contributed by atoms with Gasteiger partial charge in [0.2, 0.25) is 0 Å². The lowest BCUT2D eigenvalue weighted by atomic mass is 9.97. The predicted molar refractivity (Wildman–Crippen MR) is 102 cm³/mol. The molecule has 1 fully saturated rings. The van der Waals surface area contributed by atoms with Crippen molar-refractivity contribution in [3.63, 3.8) is 0 Å². The molecule has 0 bridgehead atoms. The second-order valence-electron chi connectivity index (χ2n) is 6.26. The maximum absolute atomic E-state index is 12.2. The molecule has 2 aromatic rings. The van der Waals surface area contributed by atoms with Crippen LogP contribution in [0.25, 0.3) is 0 Å². The molecule has 138 valence electrons. The van der Waals surface area contributed by atoms with Crippen LogP contribution in [0, 0.1) is 5.92 Å². The van der Waals surface area contributed by atoms with Crippen LogP contribution in [0.4, 0.5) is 16.3 Å². The fourth-order valence-electron chi connectivity index (χ4n) is 3.08. The van der Waals surface area contributed by atoms with Crippen LogP contribution in [0.15, 0.2) is 42.9 Å². The van der Waals surface area contributed by atoms with Crippen molar-refractivity contribution in [2.75, 3.05) is 36.5 Å². The van der Waals surface area contributed by atoms with Crippen molar-refractivity contribution in [2.45, 2.75) is 19.8 Å². The molecule has 2 N–H and O–H groups in total. The Labute approximate surface area is 153 Å². The Hall–Kier alpha value is -2.83. The Morgan fingerprint density at radius 2 is 2.08 bits per heavy atom. The zero-order chi connectivity index (χ0) is 18.2. The van der Waals surface area contributed by atoms with Gasteiger partial charge in [-0.1, -0.05) is 12.1 Å². The topological polar surface area (TPSA) is 79.4 Å². The van der Waals surface area contributed by atoms with E-state index in [1.54, 1.807) is 18.6 Å². The lowest BCUT2D eigenvalue weighted by molar-refractivity contribution is 0.248. The standard InChI is InChI=1S/C19H25N5O2/c1-2-26-17-6-4-3-5-16(17)23-19(25)22-13-15-7-11-24(12-8-15)18-14-20-9-10-21-18/h3-6,9-10,14-15H,2,7-8,11-13H2,1H3,(H2,22,23,25). The molecule has 1 aliphatic rings. The first-order valence-electron chi connectivity index (χ1n) is 9.04. The minimum atomic E-state index is -0.200. The summed E-state index contributed by atoms with van der Waals surface area (Å²) in [4.78, 5) is 22.9. The largest absolute Gasteiger partial charge is 0.492 e. The number of nitrogens with one attached hydrogen (secondary N) is 2. The van der Waals surface area contributed by atoms with Gasteiger partial charge in [-0.15, -0.1) is 0 Å². The summed E-state index contributed by atoms with van der Waals surface area (Å²) in [5, 5.41) is 5.84. The number of ether oxygens (including phenoxy) is 1. The van der Waals surface area contributed by atoms with Crippen LogP contribution in [0.3, 0.4) is 0 Å². The van der Waals surface area contributed by atoms with E-state index in [1.807, 2.05) is 31.2 Å². The van der Waals surface area contributed by atoms with Gasteiger partial charge in [0.25, 0.3) is 0 Å². The van der Waals surface area contributed by atoms with Gasteiger partial charge in [-0.25, -0.2) is 9.78 Å². The highest BCUT2D eigenvalue weighted by molar-refractivity contribution is 5.90. The van der Waals surface area contributed by atoms with Gasteiger partial charge in [-0.05, 0) is 37.8 Å². The van der Waals surface area contributed by atoms with Crippen LogP contribution in [-0.4, -0.2) is 42.2 Å². The first-order valence-corrected chi connectivity index (χ1v) is 9.04. The van der Waals surface area contributed by atoms with E-state index in [4.69, 9.17) is 4.74 Å². The summed E-state index contributed by atoms with van der Waals surface area (Å²) in [6.07, 6.45) is 7.23. The third-order valence-electron chi connectivity index (χ3n) is 4.47. The van der Waals surface area contributed by atoms with E-state index in [9.17, 15) is 4.79 Å². The Balaban J connectivity index is 1.43. The van der Waals surface area contributed by atoms with Crippen molar-refractivity contribution in [1.29, 1.82) is 0 Å². The molecule has 0 saturated carbocycles. The molecule has 7 heteroatoms. The monoisotopic (exact) mass is 355 g/mol. The van der Waals surface area contributed by atoms with Crippen LogP contribution >= 0.6 is 0 Å². The molecule has 2 amide bonds. The number of para-hydroxylation sites is 2. The number of amides is 2. The van der Waals surface area contributed by atoms with Crippen LogP contribution < -0.4 is 20.3 Å². The normalized spacial score (nSPS) is 14.7. The third kappa shape index (κ3) is 4.84. The maximum Gasteiger partial charge on any atom is 0.319 e. The first-order chi connectivity index (χ1) is 12.8. The number of carbonyl (C=O) groups excluding carboxylic acids is 1. The van der Waals surface area contributed by atoms with Crippen LogP contribution in [0.5, 0.6) is 5.75 Å². The van der Waals surface area contributed by atoms with Gasteiger partial charge in [0.05, 0.1) is 18.5 Å². The van der Waals surface area contributed by atoms with Gasteiger partial charge < -0.3 is 20.3 Å². The van der Waals surface area contributed by atoms with Crippen molar-refractivity contribution in [2.24, 2.45) is 5.92 Å². The van der Waals surface area contributed by atoms with Crippen molar-refractivity contribution in [3.05, 3.63) is 42.9 Å². The van der Waals surface area contributed by atoms with Crippen molar-refractivity contribution in [1.82, 2.24) is 15.3 Å². The average Bonchev–Trinajstić information content (AvgIpc) is 2.69. The summed E-state index contributed by atoms with van der Waals surface area (Å²) in [6, 6.07) is 7.25. The quantitative estimate of drug-likeness (QED) is 0.833. The van der Waals surface area contributed by atoms with E-state index in [0.717, 1.165) is 31.7 Å². The van der Waals surface area contributed by atoms with Crippen LogP contribution in [-0.2, 0) is 0 Å². The van der Waals surface area contributed by atoms with Crippen molar-refractivity contribution in [3.8, 4) is 5.75 Å². The lowest BCUT2D eigenvalue weighted by Gasteiger charge is -2.32. The molecule has 2 heterocycles. The molecule has 1 aromatic carbocycles. The minimum Gasteiger partial charge on any atom is -0.492 e. The molecule has 7 nitrogen and oxygen atoms in total. The summed E-state index contributed by atoms with van der Waals surface area (Å²) in [5.41, 5.74) is 0.685. The molecule has 1 saturated heterocycles. The number of hydrogen-bond donors (Lipinski definition) is 2. The molecule has 0 spiro atoms. The molecule has 0 unspecified atom stereocenters. The number of nitrogens with zero attached hydrogens (tertiary/aromatic N) is 3. The van der Waals surface area contributed by atoms with E-state index in [-0.39, 0.29) is 6.03 Å². The zero-order valence-corrected chi connectivity index (χ0v) is 15.0. The Morgan fingerprint density at radius 3 is 2.81 bits per heavy atom. The van der Waals surface area contributed by atoms with Gasteiger partial charge in [0, 0.05) is 32.0 Å². The Bertz CT molecular complexity index is 702. The van der Waals surface area contributed by atoms with E-state index in [2.05, 4.69) is 25.5 Å². The molecular formula is C19H25N5O2. The lowest BCUT2D eigenvalue weighted by Crippen LogP contribution is -2.40. The van der Waals surface area contributed by atoms with E-state index >= 15 is 0 Å². The summed E-state index contributed by atoms with van der Waals surface area (Å²) < 4.78 is 5.53. The van der Waals surface area contributed by atoms with E-state index < -0.39 is 0 Å². The summed E-state index contributed by atoms with van der Waals surface area (Å²) in [7, 11) is 0. The van der Waals surface area contributed by atoms with Gasteiger partial charge in [-0.3, -0.25) is 4.98 Å². The Morgan fingerprint density at radius 1 is 1.27 bits per heavy atom. The molecule has 3 rings (SSSR count). The smallest absolute Gasteiger partial charge is 0.319 e. The van der Waals surface area contributed by atoms with Crippen molar-refractivity contribution < 1.29 is 9.53 Å². The highest BCUT2D eigenvalue weighted by atomic mass is 16.5. The maximum atomic E-state index is 12.2. The highest BCUT2D eigenvalue weighted by Gasteiger charge is 2.20. The SMILES string of the molecule is CCOc1ccccc1NC(=O)NCC1CCN(c2cnccn2)CC1. The molecule has 0 aliphatic carbocycles. The predicted octanol–water partition coefficient (Wildman–Crippen LogP) is 2.91. The van der Waals surface area contributed by atoms with Crippen LogP contribution in [0.1, 0.15) is 19.8 Å².